The van der Waals surface area contributed by atoms with Crippen molar-refractivity contribution >= 4 is 17.2 Å². The lowest BCUT2D eigenvalue weighted by Crippen LogP contribution is -2.49. The number of rotatable bonds is 7. The molecule has 5 aromatic rings. The number of benzene rings is 1. The van der Waals surface area contributed by atoms with Crippen molar-refractivity contribution in [2.45, 2.75) is 13.5 Å². The van der Waals surface area contributed by atoms with Gasteiger partial charge in [-0.1, -0.05) is 18.7 Å². The predicted octanol–water partition coefficient (Wildman–Crippen LogP) is 4.41. The topological polar surface area (TPSA) is 105 Å². The predicted molar refractivity (Wildman–Crippen MR) is 160 cm³/mol. The van der Waals surface area contributed by atoms with Gasteiger partial charge in [-0.25, -0.2) is 9.50 Å². The Hall–Kier alpha value is -5.43. The summed E-state index contributed by atoms with van der Waals surface area (Å²) < 4.78 is 8.90. The minimum absolute atomic E-state index is 0.00207. The van der Waals surface area contributed by atoms with Crippen LogP contribution in [0.25, 0.3) is 27.8 Å². The quantitative estimate of drug-likeness (QED) is 0.273. The zero-order valence-corrected chi connectivity index (χ0v) is 23.6. The molecule has 0 saturated carbocycles. The molecule has 0 N–H and O–H groups in total. The van der Waals surface area contributed by atoms with Gasteiger partial charge in [-0.15, -0.1) is 0 Å². The first-order valence-electron chi connectivity index (χ1n) is 13.7. The number of ether oxygens (including phenoxy) is 1. The van der Waals surface area contributed by atoms with Crippen molar-refractivity contribution < 1.29 is 9.53 Å². The highest BCUT2D eigenvalue weighted by Gasteiger charge is 2.22. The molecule has 0 unspecified atom stereocenters. The molecule has 4 aromatic heterocycles. The van der Waals surface area contributed by atoms with E-state index in [1.54, 1.807) is 24.7 Å². The van der Waals surface area contributed by atoms with E-state index in [1.165, 1.54) is 0 Å². The Labute approximate surface area is 243 Å². The maximum Gasteiger partial charge on any atom is 0.249 e. The van der Waals surface area contributed by atoms with E-state index in [-0.39, 0.29) is 5.91 Å². The molecule has 42 heavy (non-hydrogen) atoms. The number of hydrogen-bond donors (Lipinski definition) is 0. The second kappa shape index (κ2) is 11.2. The number of piperazine rings is 1. The molecule has 6 rings (SSSR count). The summed E-state index contributed by atoms with van der Waals surface area (Å²) in [4.78, 5) is 21.0. The molecule has 1 aliphatic rings. The van der Waals surface area contributed by atoms with E-state index in [2.05, 4.69) is 33.8 Å². The summed E-state index contributed by atoms with van der Waals surface area (Å²) in [6.45, 7) is 8.81. The maximum absolute atomic E-state index is 12.3. The standard InChI is InChI=1S/C32H30N8O2/c1-22(2)32(41)38-12-10-37(11-13-38)30-9-6-24(16-34-30)29-14-25(21-40-31(29)26(15-33)17-36-40)27-18-35-39(20-27)19-23-4-7-28(42-3)8-5-23/h4-9,14,16-18,20-21H,1,10-13,19H2,2-3H3. The van der Waals surface area contributed by atoms with E-state index in [0.717, 1.165) is 44.9 Å². The van der Waals surface area contributed by atoms with E-state index in [4.69, 9.17) is 9.72 Å². The molecule has 1 aromatic carbocycles. The Kier molecular flexibility index (Phi) is 7.15. The molecule has 5 heterocycles. The molecule has 0 radical (unpaired) electrons. The molecule has 1 amide bonds. The number of carbonyl (C=O) groups excluding carboxylic acids is 1. The molecule has 0 atom stereocenters. The van der Waals surface area contributed by atoms with Crippen LogP contribution >= 0.6 is 0 Å². The average molecular weight is 559 g/mol. The zero-order valence-electron chi connectivity index (χ0n) is 23.6. The summed E-state index contributed by atoms with van der Waals surface area (Å²) in [6.07, 6.45) is 9.18. The van der Waals surface area contributed by atoms with E-state index in [1.807, 2.05) is 70.8 Å². The number of aromatic nitrogens is 5. The number of pyridine rings is 2. The molecular weight excluding hydrogens is 528 g/mol. The van der Waals surface area contributed by atoms with E-state index < -0.39 is 0 Å². The van der Waals surface area contributed by atoms with Crippen LogP contribution in [-0.4, -0.2) is 68.5 Å². The number of carbonyl (C=O) groups is 1. The highest BCUT2D eigenvalue weighted by atomic mass is 16.5. The van der Waals surface area contributed by atoms with Gasteiger partial charge in [0, 0.05) is 72.6 Å². The van der Waals surface area contributed by atoms with E-state index in [0.29, 0.717) is 43.9 Å². The van der Waals surface area contributed by atoms with Gasteiger partial charge in [0.25, 0.3) is 0 Å². The fourth-order valence-corrected chi connectivity index (χ4v) is 5.24. The number of nitriles is 1. The highest BCUT2D eigenvalue weighted by Crippen LogP contribution is 2.32. The Morgan fingerprint density at radius 3 is 2.43 bits per heavy atom. The molecule has 0 bridgehead atoms. The minimum atomic E-state index is 0.00207. The Morgan fingerprint density at radius 1 is 0.976 bits per heavy atom. The van der Waals surface area contributed by atoms with E-state index in [9.17, 15) is 10.1 Å². The summed E-state index contributed by atoms with van der Waals surface area (Å²) >= 11 is 0. The normalized spacial score (nSPS) is 13.3. The van der Waals surface area contributed by atoms with E-state index >= 15 is 0 Å². The van der Waals surface area contributed by atoms with Crippen LogP contribution in [0.5, 0.6) is 5.75 Å². The summed E-state index contributed by atoms with van der Waals surface area (Å²) in [6, 6.07) is 16.3. The second-order valence-corrected chi connectivity index (χ2v) is 10.3. The van der Waals surface area contributed by atoms with Crippen LogP contribution in [0.1, 0.15) is 18.1 Å². The molecular formula is C32H30N8O2. The largest absolute Gasteiger partial charge is 0.497 e. The third-order valence-electron chi connectivity index (χ3n) is 7.52. The third-order valence-corrected chi connectivity index (χ3v) is 7.52. The van der Waals surface area contributed by atoms with Crippen LogP contribution in [0.3, 0.4) is 0 Å². The van der Waals surface area contributed by atoms with Gasteiger partial charge in [-0.05, 0) is 42.8 Å². The molecule has 0 spiro atoms. The first-order valence-corrected chi connectivity index (χ1v) is 13.7. The van der Waals surface area contributed by atoms with Crippen molar-refractivity contribution in [3.05, 3.63) is 96.7 Å². The maximum atomic E-state index is 12.3. The molecule has 1 saturated heterocycles. The SMILES string of the molecule is C=C(C)C(=O)N1CCN(c2ccc(-c3cc(-c4cnn(Cc5ccc(OC)cc5)c4)cn4ncc(C#N)c34)cn2)CC1. The Balaban J connectivity index is 1.27. The van der Waals surface area contributed by atoms with Gasteiger partial charge < -0.3 is 14.5 Å². The van der Waals surface area contributed by atoms with Crippen LogP contribution in [-0.2, 0) is 11.3 Å². The van der Waals surface area contributed by atoms with Gasteiger partial charge in [0.15, 0.2) is 0 Å². The number of hydrogen-bond acceptors (Lipinski definition) is 7. The number of methoxy groups -OCH3 is 1. The van der Waals surface area contributed by atoms with Crippen molar-refractivity contribution in [1.82, 2.24) is 29.3 Å². The average Bonchev–Trinajstić information content (AvgIpc) is 3.68. The lowest BCUT2D eigenvalue weighted by Gasteiger charge is -2.35. The molecule has 0 aliphatic carbocycles. The van der Waals surface area contributed by atoms with Crippen molar-refractivity contribution in [3.63, 3.8) is 0 Å². The highest BCUT2D eigenvalue weighted by molar-refractivity contribution is 5.92. The van der Waals surface area contributed by atoms with Gasteiger partial charge in [0.05, 0.1) is 37.1 Å². The fraction of sp³-hybridized carbons (Fsp3) is 0.219. The van der Waals surface area contributed by atoms with Gasteiger partial charge in [0.1, 0.15) is 17.6 Å². The second-order valence-electron chi connectivity index (χ2n) is 10.3. The third kappa shape index (κ3) is 5.20. The fourth-order valence-electron chi connectivity index (χ4n) is 5.24. The lowest BCUT2D eigenvalue weighted by atomic mass is 10.0. The molecule has 10 heteroatoms. The van der Waals surface area contributed by atoms with Gasteiger partial charge >= 0.3 is 0 Å². The van der Waals surface area contributed by atoms with Crippen molar-refractivity contribution in [2.75, 3.05) is 38.2 Å². The molecule has 1 aliphatic heterocycles. The van der Waals surface area contributed by atoms with Crippen LogP contribution in [0.2, 0.25) is 0 Å². The van der Waals surface area contributed by atoms with Crippen molar-refractivity contribution in [2.24, 2.45) is 0 Å². The minimum Gasteiger partial charge on any atom is -0.497 e. The van der Waals surface area contributed by atoms with Crippen LogP contribution in [0.15, 0.2) is 85.6 Å². The Bertz CT molecular complexity index is 1800. The lowest BCUT2D eigenvalue weighted by molar-refractivity contribution is -0.127. The summed E-state index contributed by atoms with van der Waals surface area (Å²) in [5, 5.41) is 18.8. The molecule has 10 nitrogen and oxygen atoms in total. The molecule has 1 fully saturated rings. The first kappa shape index (κ1) is 26.8. The van der Waals surface area contributed by atoms with Crippen LogP contribution < -0.4 is 9.64 Å². The molecule has 210 valence electrons. The summed E-state index contributed by atoms with van der Waals surface area (Å²) in [7, 11) is 1.65. The summed E-state index contributed by atoms with van der Waals surface area (Å²) in [5.74, 6) is 1.67. The Morgan fingerprint density at radius 2 is 1.76 bits per heavy atom. The monoisotopic (exact) mass is 558 g/mol. The van der Waals surface area contributed by atoms with Crippen molar-refractivity contribution in [1.29, 1.82) is 5.26 Å². The van der Waals surface area contributed by atoms with Gasteiger partial charge in [-0.2, -0.15) is 15.5 Å². The van der Waals surface area contributed by atoms with Gasteiger partial charge in [-0.3, -0.25) is 9.48 Å². The summed E-state index contributed by atoms with van der Waals surface area (Å²) in [5.41, 5.74) is 6.50. The van der Waals surface area contributed by atoms with Crippen LogP contribution in [0.4, 0.5) is 5.82 Å². The van der Waals surface area contributed by atoms with Crippen molar-refractivity contribution in [3.8, 4) is 34.1 Å². The first-order chi connectivity index (χ1) is 20.4. The number of anilines is 1. The van der Waals surface area contributed by atoms with Crippen LogP contribution in [0, 0.1) is 11.3 Å². The smallest absolute Gasteiger partial charge is 0.249 e. The number of fused-ring (bicyclic) bond motifs is 1. The number of amides is 1. The zero-order chi connectivity index (χ0) is 29.2. The van der Waals surface area contributed by atoms with Gasteiger partial charge in [0.2, 0.25) is 5.91 Å². The number of nitrogens with zero attached hydrogens (tertiary/aromatic N) is 8.